The average Bonchev–Trinajstić information content (AvgIpc) is 2.49. The summed E-state index contributed by atoms with van der Waals surface area (Å²) in [6, 6.07) is 0. The Morgan fingerprint density at radius 1 is 0.864 bits per heavy atom. The summed E-state index contributed by atoms with van der Waals surface area (Å²) in [5.41, 5.74) is -0.109. The Bertz CT molecular complexity index is 624. The molecule has 1 aliphatic carbocycles. The van der Waals surface area contributed by atoms with Crippen LogP contribution in [0.4, 0.5) is 0 Å². The van der Waals surface area contributed by atoms with Crippen LogP contribution < -0.4 is 0 Å². The van der Waals surface area contributed by atoms with Crippen LogP contribution in [0.3, 0.4) is 0 Å². The van der Waals surface area contributed by atoms with Gasteiger partial charge in [0.15, 0.2) is 0 Å². The minimum absolute atomic E-state index is 0.0139. The number of halogens is 4. The van der Waals surface area contributed by atoms with Gasteiger partial charge in [-0.25, -0.2) is 9.59 Å². The normalized spacial score (nSPS) is 15.6. The second kappa shape index (κ2) is 7.77. The fourth-order valence-electron chi connectivity index (χ4n) is 2.42. The summed E-state index contributed by atoms with van der Waals surface area (Å²) >= 11 is 13.1. The van der Waals surface area contributed by atoms with Gasteiger partial charge in [-0.15, -0.1) is 0 Å². The molecule has 0 aliphatic heterocycles. The summed E-state index contributed by atoms with van der Waals surface area (Å²) in [6.07, 6.45) is 4.70. The van der Waals surface area contributed by atoms with Crippen LogP contribution in [0.2, 0.25) is 0 Å². The van der Waals surface area contributed by atoms with E-state index in [0.29, 0.717) is 17.9 Å². The number of benzene rings is 1. The highest BCUT2D eigenvalue weighted by Crippen LogP contribution is 2.42. The fraction of sp³-hybridized carbons (Fsp3) is 0.429. The lowest BCUT2D eigenvalue weighted by Crippen LogP contribution is -2.23. The molecule has 8 heteroatoms. The second-order valence-electron chi connectivity index (χ2n) is 4.98. The molecule has 0 amide bonds. The van der Waals surface area contributed by atoms with E-state index in [1.54, 1.807) is 0 Å². The number of carbonyl (C=O) groups excluding carboxylic acids is 1. The molecule has 1 aliphatic rings. The van der Waals surface area contributed by atoms with Crippen LogP contribution in [-0.4, -0.2) is 23.1 Å². The summed E-state index contributed by atoms with van der Waals surface area (Å²) < 4.78 is 7.24. The first-order chi connectivity index (χ1) is 10.3. The van der Waals surface area contributed by atoms with Crippen LogP contribution in [0.15, 0.2) is 17.9 Å². The molecule has 0 saturated heterocycles. The Morgan fingerprint density at radius 2 is 1.36 bits per heavy atom. The number of hydrogen-bond acceptors (Lipinski definition) is 3. The SMILES string of the molecule is O=C(O)c1c(Br)c(Br)c(Br)c(Br)c1C(=O)OC1CCCCC1. The molecule has 0 aromatic heterocycles. The van der Waals surface area contributed by atoms with Gasteiger partial charge < -0.3 is 9.84 Å². The Balaban J connectivity index is 2.44. The van der Waals surface area contributed by atoms with E-state index in [2.05, 4.69) is 63.7 Å². The molecule has 0 heterocycles. The maximum Gasteiger partial charge on any atom is 0.340 e. The zero-order valence-corrected chi connectivity index (χ0v) is 17.6. The Morgan fingerprint density at radius 3 is 1.86 bits per heavy atom. The van der Waals surface area contributed by atoms with Gasteiger partial charge in [0, 0.05) is 17.9 Å². The van der Waals surface area contributed by atoms with Gasteiger partial charge in [0.2, 0.25) is 0 Å². The van der Waals surface area contributed by atoms with Gasteiger partial charge in [-0.3, -0.25) is 0 Å². The number of carboxylic acids is 1. The number of aromatic carboxylic acids is 1. The number of esters is 1. The summed E-state index contributed by atoms with van der Waals surface area (Å²) in [7, 11) is 0. The van der Waals surface area contributed by atoms with Crippen LogP contribution >= 0.6 is 63.7 Å². The van der Waals surface area contributed by atoms with Crippen LogP contribution in [0, 0.1) is 0 Å². The highest BCUT2D eigenvalue weighted by Gasteiger charge is 2.30. The van der Waals surface area contributed by atoms with Gasteiger partial charge in [-0.2, -0.15) is 0 Å². The number of rotatable bonds is 3. The third-order valence-electron chi connectivity index (χ3n) is 3.51. The zero-order valence-electron chi connectivity index (χ0n) is 11.3. The summed E-state index contributed by atoms with van der Waals surface area (Å²) in [6.45, 7) is 0. The van der Waals surface area contributed by atoms with Crippen molar-refractivity contribution in [1.82, 2.24) is 0 Å². The second-order valence-corrected chi connectivity index (χ2v) is 8.15. The summed E-state index contributed by atoms with van der Waals surface area (Å²) in [4.78, 5) is 24.1. The quantitative estimate of drug-likeness (QED) is 0.282. The molecule has 4 nitrogen and oxygen atoms in total. The van der Waals surface area contributed by atoms with E-state index in [4.69, 9.17) is 4.74 Å². The molecular formula is C14H12Br4O4. The smallest absolute Gasteiger partial charge is 0.340 e. The molecule has 1 aromatic carbocycles. The maximum absolute atomic E-state index is 12.5. The molecule has 0 atom stereocenters. The van der Waals surface area contributed by atoms with E-state index in [-0.39, 0.29) is 17.2 Å². The predicted molar refractivity (Wildman–Crippen MR) is 96.5 cm³/mol. The van der Waals surface area contributed by atoms with E-state index >= 15 is 0 Å². The molecule has 22 heavy (non-hydrogen) atoms. The molecular weight excluding hydrogens is 552 g/mol. The minimum atomic E-state index is -1.20. The van der Waals surface area contributed by atoms with Crippen LogP contribution in [0.1, 0.15) is 52.8 Å². The number of carboxylic acid groups (broad SMARTS) is 1. The van der Waals surface area contributed by atoms with Crippen molar-refractivity contribution in [2.24, 2.45) is 0 Å². The summed E-state index contributed by atoms with van der Waals surface area (Å²) in [5.74, 6) is -1.82. The van der Waals surface area contributed by atoms with Crippen molar-refractivity contribution in [2.75, 3.05) is 0 Å². The molecule has 0 bridgehead atoms. The molecule has 0 radical (unpaired) electrons. The number of ether oxygens (including phenoxy) is 1. The lowest BCUT2D eigenvalue weighted by atomic mass is 9.97. The van der Waals surface area contributed by atoms with E-state index in [9.17, 15) is 14.7 Å². The highest BCUT2D eigenvalue weighted by atomic mass is 79.9. The van der Waals surface area contributed by atoms with Crippen molar-refractivity contribution in [3.63, 3.8) is 0 Å². The first-order valence-electron chi connectivity index (χ1n) is 6.64. The third-order valence-corrected chi connectivity index (χ3v) is 8.28. The average molecular weight is 564 g/mol. The van der Waals surface area contributed by atoms with Crippen molar-refractivity contribution in [1.29, 1.82) is 0 Å². The molecule has 1 saturated carbocycles. The lowest BCUT2D eigenvalue weighted by Gasteiger charge is -2.23. The standard InChI is InChI=1S/C14H12Br4O4/c15-9-7(13(19)20)8(10(16)12(18)11(9)17)14(21)22-6-4-2-1-3-5-6/h6H,1-5H2,(H,19,20). The summed E-state index contributed by atoms with van der Waals surface area (Å²) in [5, 5.41) is 9.45. The number of hydrogen-bond donors (Lipinski definition) is 1. The maximum atomic E-state index is 12.5. The topological polar surface area (TPSA) is 63.6 Å². The van der Waals surface area contributed by atoms with Gasteiger partial charge in [-0.05, 0) is 89.4 Å². The highest BCUT2D eigenvalue weighted by molar-refractivity contribution is 9.15. The first kappa shape index (κ1) is 18.4. The van der Waals surface area contributed by atoms with E-state index in [1.165, 1.54) is 0 Å². The Labute approximate surface area is 161 Å². The fourth-order valence-corrected chi connectivity index (χ4v) is 4.87. The number of carbonyl (C=O) groups is 2. The molecule has 2 rings (SSSR count). The lowest BCUT2D eigenvalue weighted by molar-refractivity contribution is 0.0205. The Hall–Kier alpha value is 0.0800. The predicted octanol–water partition coefficient (Wildman–Crippen LogP) is 5.92. The monoisotopic (exact) mass is 560 g/mol. The first-order valence-corrected chi connectivity index (χ1v) is 9.82. The third kappa shape index (κ3) is 3.76. The van der Waals surface area contributed by atoms with Gasteiger partial charge in [0.1, 0.15) is 6.10 Å². The minimum Gasteiger partial charge on any atom is -0.478 e. The Kier molecular flexibility index (Phi) is 6.50. The van der Waals surface area contributed by atoms with E-state index in [1.807, 2.05) is 0 Å². The van der Waals surface area contributed by atoms with Crippen molar-refractivity contribution in [3.8, 4) is 0 Å². The van der Waals surface area contributed by atoms with Crippen LogP contribution in [0.5, 0.6) is 0 Å². The van der Waals surface area contributed by atoms with Gasteiger partial charge in [-0.1, -0.05) is 6.42 Å². The van der Waals surface area contributed by atoms with Crippen LogP contribution in [0.25, 0.3) is 0 Å². The molecule has 1 aromatic rings. The van der Waals surface area contributed by atoms with Gasteiger partial charge in [0.05, 0.1) is 11.1 Å². The molecule has 120 valence electrons. The van der Waals surface area contributed by atoms with E-state index < -0.39 is 11.9 Å². The molecule has 0 unspecified atom stereocenters. The van der Waals surface area contributed by atoms with E-state index in [0.717, 1.165) is 32.1 Å². The van der Waals surface area contributed by atoms with Crippen molar-refractivity contribution < 1.29 is 19.4 Å². The van der Waals surface area contributed by atoms with Gasteiger partial charge >= 0.3 is 11.9 Å². The zero-order chi connectivity index (χ0) is 16.4. The van der Waals surface area contributed by atoms with Crippen molar-refractivity contribution in [3.05, 3.63) is 29.0 Å². The van der Waals surface area contributed by atoms with Crippen molar-refractivity contribution >= 4 is 75.7 Å². The van der Waals surface area contributed by atoms with Crippen LogP contribution in [-0.2, 0) is 4.74 Å². The molecule has 0 spiro atoms. The molecule has 1 N–H and O–H groups in total. The van der Waals surface area contributed by atoms with Gasteiger partial charge in [0.25, 0.3) is 0 Å². The largest absolute Gasteiger partial charge is 0.478 e. The molecule has 1 fully saturated rings. The van der Waals surface area contributed by atoms with Crippen molar-refractivity contribution in [2.45, 2.75) is 38.2 Å².